The molecule has 0 bridgehead atoms. The van der Waals surface area contributed by atoms with Crippen molar-refractivity contribution >= 4 is 33.4 Å². The fourth-order valence-corrected chi connectivity index (χ4v) is 2.70. The molecule has 0 aromatic heterocycles. The van der Waals surface area contributed by atoms with Crippen molar-refractivity contribution in [2.45, 2.75) is 17.1 Å². The van der Waals surface area contributed by atoms with E-state index < -0.39 is 33.9 Å². The van der Waals surface area contributed by atoms with E-state index >= 15 is 0 Å². The average molecular weight is 311 g/mol. The molecule has 0 saturated carbocycles. The first-order valence-electron chi connectivity index (χ1n) is 5.06. The van der Waals surface area contributed by atoms with Crippen molar-refractivity contribution in [1.82, 2.24) is 0 Å². The van der Waals surface area contributed by atoms with E-state index in [9.17, 15) is 22.0 Å². The van der Waals surface area contributed by atoms with E-state index in [-0.39, 0.29) is 5.69 Å². The number of anilines is 1. The van der Waals surface area contributed by atoms with E-state index in [4.69, 9.17) is 5.11 Å². The van der Waals surface area contributed by atoms with Crippen LogP contribution in [-0.2, 0) is 14.8 Å². The first kappa shape index (κ1) is 15.7. The summed E-state index contributed by atoms with van der Waals surface area (Å²) in [6.07, 6.45) is -0.505. The number of rotatable bonds is 7. The Bertz CT molecular complexity index is 531. The van der Waals surface area contributed by atoms with Crippen LogP contribution >= 0.6 is 11.8 Å². The van der Waals surface area contributed by atoms with Crippen molar-refractivity contribution < 1.29 is 27.1 Å². The topological polar surface area (TPSA) is 83.5 Å². The fraction of sp³-hybridized carbons (Fsp3) is 0.300. The maximum Gasteiger partial charge on any atom is 0.304 e. The largest absolute Gasteiger partial charge is 0.481 e. The first-order valence-corrected chi connectivity index (χ1v) is 7.59. The minimum Gasteiger partial charge on any atom is -0.481 e. The summed E-state index contributed by atoms with van der Waals surface area (Å²) in [6.45, 7) is 0. The van der Waals surface area contributed by atoms with Crippen LogP contribution in [0.2, 0.25) is 0 Å². The predicted molar refractivity (Wildman–Crippen MR) is 68.0 cm³/mol. The highest BCUT2D eigenvalue weighted by Crippen LogP contribution is 2.26. The van der Waals surface area contributed by atoms with E-state index in [1.807, 2.05) is 0 Å². The summed E-state index contributed by atoms with van der Waals surface area (Å²) >= 11 is 0.351. The van der Waals surface area contributed by atoms with Gasteiger partial charge in [0, 0.05) is 10.6 Å². The second kappa shape index (κ2) is 6.71. The highest BCUT2D eigenvalue weighted by Gasteiger charge is 2.13. The number of hydrogen-bond acceptors (Lipinski definition) is 4. The summed E-state index contributed by atoms with van der Waals surface area (Å²) in [5.74, 6) is -4.30. The third kappa shape index (κ3) is 6.39. The Morgan fingerprint density at radius 2 is 1.89 bits per heavy atom. The van der Waals surface area contributed by atoms with Crippen molar-refractivity contribution in [1.29, 1.82) is 0 Å². The van der Waals surface area contributed by atoms with Gasteiger partial charge in [-0.2, -0.15) is 8.78 Å². The lowest BCUT2D eigenvalue weighted by atomic mass is 10.3. The molecule has 5 nitrogen and oxygen atoms in total. The molecule has 9 heteroatoms. The van der Waals surface area contributed by atoms with Crippen LogP contribution < -0.4 is 4.72 Å². The zero-order valence-electron chi connectivity index (χ0n) is 9.55. The van der Waals surface area contributed by atoms with Gasteiger partial charge in [-0.25, -0.2) is 8.42 Å². The summed E-state index contributed by atoms with van der Waals surface area (Å²) in [6, 6.07) is 5.38. The summed E-state index contributed by atoms with van der Waals surface area (Å²) in [7, 11) is -3.75. The molecule has 0 saturated heterocycles. The number of carboxylic acids is 1. The van der Waals surface area contributed by atoms with Crippen LogP contribution in [0, 0.1) is 0 Å². The number of hydrogen-bond donors (Lipinski definition) is 2. The average Bonchev–Trinajstić information content (AvgIpc) is 2.28. The van der Waals surface area contributed by atoms with Crippen molar-refractivity contribution in [2.24, 2.45) is 0 Å². The van der Waals surface area contributed by atoms with Crippen molar-refractivity contribution in [3.05, 3.63) is 24.3 Å². The molecule has 19 heavy (non-hydrogen) atoms. The molecule has 0 aliphatic rings. The molecule has 0 aliphatic carbocycles. The Hall–Kier alpha value is -1.35. The molecule has 106 valence electrons. The number of carbonyl (C=O) groups is 1. The number of nitrogens with one attached hydrogen (secondary N) is 1. The number of aliphatic carboxylic acids is 1. The SMILES string of the molecule is O=C(O)CCS(=O)(=O)Nc1ccc(SC(F)F)cc1. The molecule has 0 fully saturated rings. The summed E-state index contributed by atoms with van der Waals surface area (Å²) < 4.78 is 49.2. The highest BCUT2D eigenvalue weighted by atomic mass is 32.2. The zero-order valence-corrected chi connectivity index (χ0v) is 11.2. The molecule has 0 spiro atoms. The summed E-state index contributed by atoms with van der Waals surface area (Å²) in [5.41, 5.74) is 0.198. The van der Waals surface area contributed by atoms with Gasteiger partial charge in [-0.05, 0) is 24.3 Å². The molecule has 1 aromatic carbocycles. The highest BCUT2D eigenvalue weighted by molar-refractivity contribution is 7.99. The maximum atomic E-state index is 12.1. The van der Waals surface area contributed by atoms with Crippen molar-refractivity contribution in [3.63, 3.8) is 0 Å². The van der Waals surface area contributed by atoms with Gasteiger partial charge >= 0.3 is 5.97 Å². The van der Waals surface area contributed by atoms with Crippen LogP contribution in [0.4, 0.5) is 14.5 Å². The van der Waals surface area contributed by atoms with Crippen molar-refractivity contribution in [2.75, 3.05) is 10.5 Å². The standard InChI is InChI=1S/C10H11F2NO4S2/c11-10(12)18-8-3-1-7(2-4-8)13-19(16,17)6-5-9(14)15/h1-4,10,13H,5-6H2,(H,14,15). The Morgan fingerprint density at radius 3 is 2.37 bits per heavy atom. The van der Waals surface area contributed by atoms with E-state index in [2.05, 4.69) is 4.72 Å². The number of alkyl halides is 2. The predicted octanol–water partition coefficient (Wildman–Crippen LogP) is 2.22. The van der Waals surface area contributed by atoms with Crippen LogP contribution in [0.15, 0.2) is 29.2 Å². The van der Waals surface area contributed by atoms with Gasteiger partial charge in [0.2, 0.25) is 10.0 Å². The minimum atomic E-state index is -3.75. The van der Waals surface area contributed by atoms with E-state index in [1.165, 1.54) is 24.3 Å². The molecular weight excluding hydrogens is 300 g/mol. The van der Waals surface area contributed by atoms with Crippen LogP contribution in [0.3, 0.4) is 0 Å². The van der Waals surface area contributed by atoms with Crippen LogP contribution in [-0.4, -0.2) is 31.0 Å². The molecule has 2 N–H and O–H groups in total. The van der Waals surface area contributed by atoms with Crippen LogP contribution in [0.25, 0.3) is 0 Å². The molecule has 0 amide bonds. The lowest BCUT2D eigenvalue weighted by molar-refractivity contribution is -0.136. The molecule has 0 radical (unpaired) electrons. The van der Waals surface area contributed by atoms with Gasteiger partial charge in [-0.15, -0.1) is 0 Å². The zero-order chi connectivity index (χ0) is 14.5. The molecular formula is C10H11F2NO4S2. The second-order valence-electron chi connectivity index (χ2n) is 3.47. The Balaban J connectivity index is 2.64. The van der Waals surface area contributed by atoms with Gasteiger partial charge in [0.15, 0.2) is 0 Å². The second-order valence-corrected chi connectivity index (χ2v) is 6.37. The maximum absolute atomic E-state index is 12.1. The smallest absolute Gasteiger partial charge is 0.304 e. The molecule has 1 aromatic rings. The van der Waals surface area contributed by atoms with Gasteiger partial charge in [0.05, 0.1) is 12.2 Å². The third-order valence-electron chi connectivity index (χ3n) is 1.94. The summed E-state index contributed by atoms with van der Waals surface area (Å²) in [5, 5.41) is 8.40. The Morgan fingerprint density at radius 1 is 1.32 bits per heavy atom. The van der Waals surface area contributed by atoms with Gasteiger partial charge < -0.3 is 5.11 Å². The quantitative estimate of drug-likeness (QED) is 0.754. The van der Waals surface area contributed by atoms with E-state index in [0.29, 0.717) is 16.7 Å². The van der Waals surface area contributed by atoms with E-state index in [1.54, 1.807) is 0 Å². The molecule has 0 heterocycles. The Labute approximate surface area is 113 Å². The number of carboxylic acid groups (broad SMARTS) is 1. The van der Waals surface area contributed by atoms with Gasteiger partial charge in [0.25, 0.3) is 5.76 Å². The first-order chi connectivity index (χ1) is 8.78. The minimum absolute atomic E-state index is 0.198. The molecule has 0 aliphatic heterocycles. The third-order valence-corrected chi connectivity index (χ3v) is 3.95. The van der Waals surface area contributed by atoms with Crippen LogP contribution in [0.5, 0.6) is 0 Å². The number of benzene rings is 1. The number of halogens is 2. The van der Waals surface area contributed by atoms with Gasteiger partial charge in [0.1, 0.15) is 0 Å². The lowest BCUT2D eigenvalue weighted by Gasteiger charge is -2.07. The van der Waals surface area contributed by atoms with Gasteiger partial charge in [-0.1, -0.05) is 11.8 Å². The fourth-order valence-electron chi connectivity index (χ4n) is 1.16. The Kier molecular flexibility index (Phi) is 5.55. The molecule has 0 atom stereocenters. The van der Waals surface area contributed by atoms with Crippen molar-refractivity contribution in [3.8, 4) is 0 Å². The number of sulfonamides is 1. The summed E-state index contributed by atoms with van der Waals surface area (Å²) in [4.78, 5) is 10.6. The normalized spacial score (nSPS) is 11.5. The molecule has 0 unspecified atom stereocenters. The molecule has 1 rings (SSSR count). The van der Waals surface area contributed by atoms with Gasteiger partial charge in [-0.3, -0.25) is 9.52 Å². The monoisotopic (exact) mass is 311 g/mol. The van der Waals surface area contributed by atoms with Crippen LogP contribution in [0.1, 0.15) is 6.42 Å². The number of thioether (sulfide) groups is 1. The van der Waals surface area contributed by atoms with E-state index in [0.717, 1.165) is 0 Å². The lowest BCUT2D eigenvalue weighted by Crippen LogP contribution is -2.18.